The fraction of sp³-hybridized carbons (Fsp3) is 0.440. The van der Waals surface area contributed by atoms with Crippen LogP contribution < -0.4 is 10.1 Å². The second-order valence-electron chi connectivity index (χ2n) is 8.00. The Morgan fingerprint density at radius 1 is 0.968 bits per heavy atom. The Hall–Kier alpha value is -2.86. The van der Waals surface area contributed by atoms with Crippen LogP contribution >= 0.6 is 0 Å². The van der Waals surface area contributed by atoms with Gasteiger partial charge in [-0.2, -0.15) is 0 Å². The lowest BCUT2D eigenvalue weighted by atomic mass is 10.1. The molecule has 1 aliphatic heterocycles. The largest absolute Gasteiger partial charge is 0.497 e. The normalized spacial score (nSPS) is 15.7. The fourth-order valence-corrected chi connectivity index (χ4v) is 3.87. The number of carbonyl (C=O) groups excluding carboxylic acids is 2. The Morgan fingerprint density at radius 3 is 2.42 bits per heavy atom. The Morgan fingerprint density at radius 2 is 1.71 bits per heavy atom. The lowest BCUT2D eigenvalue weighted by Crippen LogP contribution is -2.46. The van der Waals surface area contributed by atoms with Gasteiger partial charge < -0.3 is 15.0 Å². The summed E-state index contributed by atoms with van der Waals surface area (Å²) in [6.45, 7) is 5.43. The summed E-state index contributed by atoms with van der Waals surface area (Å²) in [6.07, 6.45) is 2.10. The maximum Gasteiger partial charge on any atom is 0.237 e. The third-order valence-corrected chi connectivity index (χ3v) is 5.91. The molecule has 0 spiro atoms. The van der Waals surface area contributed by atoms with Gasteiger partial charge in [-0.05, 0) is 43.0 Å². The van der Waals surface area contributed by atoms with Crippen molar-refractivity contribution < 1.29 is 14.3 Å². The summed E-state index contributed by atoms with van der Waals surface area (Å²) in [5.74, 6) is 1.03. The predicted octanol–water partition coefficient (Wildman–Crippen LogP) is 2.87. The molecule has 0 aliphatic carbocycles. The lowest BCUT2D eigenvalue weighted by molar-refractivity contribution is -0.131. The molecule has 31 heavy (non-hydrogen) atoms. The average Bonchev–Trinajstić information content (AvgIpc) is 3.08. The monoisotopic (exact) mass is 423 g/mol. The van der Waals surface area contributed by atoms with Gasteiger partial charge in [0.2, 0.25) is 11.8 Å². The molecule has 166 valence electrons. The number of amides is 2. The zero-order chi connectivity index (χ0) is 22.1. The van der Waals surface area contributed by atoms with Crippen molar-refractivity contribution in [1.82, 2.24) is 15.1 Å². The van der Waals surface area contributed by atoms with Crippen LogP contribution in [0.1, 0.15) is 30.9 Å². The summed E-state index contributed by atoms with van der Waals surface area (Å²) in [6, 6.07) is 17.6. The molecule has 2 aromatic carbocycles. The van der Waals surface area contributed by atoms with E-state index < -0.39 is 0 Å². The summed E-state index contributed by atoms with van der Waals surface area (Å²) >= 11 is 0. The summed E-state index contributed by atoms with van der Waals surface area (Å²) < 4.78 is 5.18. The fourth-order valence-electron chi connectivity index (χ4n) is 3.87. The molecule has 1 aliphatic rings. The van der Waals surface area contributed by atoms with E-state index in [1.54, 1.807) is 7.11 Å². The summed E-state index contributed by atoms with van der Waals surface area (Å²) in [4.78, 5) is 29.4. The number of hydrogen-bond donors (Lipinski definition) is 1. The van der Waals surface area contributed by atoms with Gasteiger partial charge in [0.1, 0.15) is 5.75 Å². The SMILES string of the molecule is COc1ccc(CCC(=O)N2CCCN(C(C)C(=O)NCc3ccccc3)CC2)cc1. The molecule has 1 heterocycles. The van der Waals surface area contributed by atoms with Gasteiger partial charge in [-0.1, -0.05) is 42.5 Å². The Bertz CT molecular complexity index is 839. The number of methoxy groups -OCH3 is 1. The molecule has 2 amide bonds. The summed E-state index contributed by atoms with van der Waals surface area (Å²) in [5, 5.41) is 3.03. The van der Waals surface area contributed by atoms with E-state index in [-0.39, 0.29) is 17.9 Å². The molecule has 0 bridgehead atoms. The van der Waals surface area contributed by atoms with Crippen LogP contribution in [0.15, 0.2) is 54.6 Å². The first-order valence-corrected chi connectivity index (χ1v) is 11.0. The minimum absolute atomic E-state index is 0.0307. The van der Waals surface area contributed by atoms with Crippen LogP contribution in [0.25, 0.3) is 0 Å². The molecule has 1 atom stereocenters. The molecule has 1 unspecified atom stereocenters. The van der Waals surface area contributed by atoms with Crippen molar-refractivity contribution in [3.05, 3.63) is 65.7 Å². The third kappa shape index (κ3) is 6.82. The maximum atomic E-state index is 12.7. The molecule has 1 saturated heterocycles. The summed E-state index contributed by atoms with van der Waals surface area (Å²) in [5.41, 5.74) is 2.22. The van der Waals surface area contributed by atoms with E-state index in [4.69, 9.17) is 4.74 Å². The Labute approximate surface area is 185 Å². The standard InChI is InChI=1S/C25H33N3O3/c1-20(25(30)26-19-22-7-4-3-5-8-22)27-15-6-16-28(18-17-27)24(29)14-11-21-9-12-23(31-2)13-10-21/h3-5,7-10,12-13,20H,6,11,14-19H2,1-2H3,(H,26,30). The number of nitrogens with one attached hydrogen (secondary N) is 1. The van der Waals surface area contributed by atoms with E-state index >= 15 is 0 Å². The molecule has 0 aromatic heterocycles. The van der Waals surface area contributed by atoms with Crippen molar-refractivity contribution in [2.24, 2.45) is 0 Å². The highest BCUT2D eigenvalue weighted by molar-refractivity contribution is 5.81. The highest BCUT2D eigenvalue weighted by atomic mass is 16.5. The van der Waals surface area contributed by atoms with Crippen LogP contribution in [0.4, 0.5) is 0 Å². The topological polar surface area (TPSA) is 61.9 Å². The number of rotatable bonds is 8. The second-order valence-corrected chi connectivity index (χ2v) is 8.00. The summed E-state index contributed by atoms with van der Waals surface area (Å²) in [7, 11) is 1.65. The minimum Gasteiger partial charge on any atom is -0.497 e. The van der Waals surface area contributed by atoms with Crippen molar-refractivity contribution >= 4 is 11.8 Å². The number of ether oxygens (including phenoxy) is 1. The smallest absolute Gasteiger partial charge is 0.237 e. The van der Waals surface area contributed by atoms with Crippen molar-refractivity contribution in [3.8, 4) is 5.75 Å². The van der Waals surface area contributed by atoms with Crippen LogP contribution in [0.3, 0.4) is 0 Å². The van der Waals surface area contributed by atoms with Gasteiger partial charge in [-0.3, -0.25) is 14.5 Å². The van der Waals surface area contributed by atoms with Crippen molar-refractivity contribution in [2.45, 2.75) is 38.8 Å². The number of carbonyl (C=O) groups is 2. The van der Waals surface area contributed by atoms with Crippen LogP contribution in [-0.2, 0) is 22.6 Å². The molecule has 1 fully saturated rings. The van der Waals surface area contributed by atoms with Gasteiger partial charge in [0.15, 0.2) is 0 Å². The van der Waals surface area contributed by atoms with Crippen LogP contribution in [-0.4, -0.2) is 60.9 Å². The van der Waals surface area contributed by atoms with Crippen molar-refractivity contribution in [2.75, 3.05) is 33.3 Å². The molecule has 0 radical (unpaired) electrons. The molecular formula is C25H33N3O3. The number of nitrogens with zero attached hydrogens (tertiary/aromatic N) is 2. The molecular weight excluding hydrogens is 390 g/mol. The van der Waals surface area contributed by atoms with E-state index in [0.717, 1.165) is 42.8 Å². The van der Waals surface area contributed by atoms with Crippen LogP contribution in [0.2, 0.25) is 0 Å². The van der Waals surface area contributed by atoms with Crippen molar-refractivity contribution in [1.29, 1.82) is 0 Å². The van der Waals surface area contributed by atoms with Crippen molar-refractivity contribution in [3.63, 3.8) is 0 Å². The van der Waals surface area contributed by atoms with E-state index in [9.17, 15) is 9.59 Å². The van der Waals surface area contributed by atoms with Gasteiger partial charge in [-0.15, -0.1) is 0 Å². The Balaban J connectivity index is 1.44. The molecule has 3 rings (SSSR count). The Kier molecular flexibility index (Phi) is 8.47. The third-order valence-electron chi connectivity index (χ3n) is 5.91. The first kappa shape index (κ1) is 22.8. The lowest BCUT2D eigenvalue weighted by Gasteiger charge is -2.27. The van der Waals surface area contributed by atoms with E-state index in [2.05, 4.69) is 10.2 Å². The minimum atomic E-state index is -0.210. The highest BCUT2D eigenvalue weighted by Gasteiger charge is 2.25. The van der Waals surface area contributed by atoms with Gasteiger partial charge in [-0.25, -0.2) is 0 Å². The van der Waals surface area contributed by atoms with Crippen LogP contribution in [0, 0.1) is 0 Å². The molecule has 2 aromatic rings. The number of benzene rings is 2. The molecule has 6 heteroatoms. The zero-order valence-electron chi connectivity index (χ0n) is 18.5. The quantitative estimate of drug-likeness (QED) is 0.709. The van der Waals surface area contributed by atoms with Crippen LogP contribution in [0.5, 0.6) is 5.75 Å². The van der Waals surface area contributed by atoms with E-state index in [1.807, 2.05) is 66.4 Å². The maximum absolute atomic E-state index is 12.7. The predicted molar refractivity (Wildman–Crippen MR) is 122 cm³/mol. The first-order valence-electron chi connectivity index (χ1n) is 11.0. The zero-order valence-corrected chi connectivity index (χ0v) is 18.5. The average molecular weight is 424 g/mol. The second kappa shape index (κ2) is 11.5. The first-order chi connectivity index (χ1) is 15.1. The molecule has 6 nitrogen and oxygen atoms in total. The number of aryl methyl sites for hydroxylation is 1. The van der Waals surface area contributed by atoms with Gasteiger partial charge >= 0.3 is 0 Å². The van der Waals surface area contributed by atoms with E-state index in [1.165, 1.54) is 0 Å². The molecule has 0 saturated carbocycles. The van der Waals surface area contributed by atoms with Gasteiger partial charge in [0.25, 0.3) is 0 Å². The van der Waals surface area contributed by atoms with Gasteiger partial charge in [0.05, 0.1) is 13.2 Å². The molecule has 1 N–H and O–H groups in total. The van der Waals surface area contributed by atoms with Gasteiger partial charge in [0, 0.05) is 39.1 Å². The highest BCUT2D eigenvalue weighted by Crippen LogP contribution is 2.14. The van der Waals surface area contributed by atoms with E-state index in [0.29, 0.717) is 26.1 Å². The number of hydrogen-bond acceptors (Lipinski definition) is 4.